The Morgan fingerprint density at radius 3 is 2.59 bits per heavy atom. The number of aliphatic hydroxyl groups is 1. The van der Waals surface area contributed by atoms with Gasteiger partial charge in [-0.3, -0.25) is 0 Å². The maximum Gasteiger partial charge on any atom is 0.124 e. The minimum Gasteiger partial charge on any atom is -0.387 e. The Balaban J connectivity index is 2.36. The van der Waals surface area contributed by atoms with Gasteiger partial charge in [-0.05, 0) is 30.5 Å². The minimum atomic E-state index is -0.857. The second-order valence-corrected chi connectivity index (χ2v) is 5.40. The van der Waals surface area contributed by atoms with Gasteiger partial charge in [0.1, 0.15) is 5.82 Å². The van der Waals surface area contributed by atoms with Crippen LogP contribution in [0.1, 0.15) is 37.4 Å². The molecule has 2 rings (SSSR count). The average Bonchev–Trinajstić information content (AvgIpc) is 2.78. The largest absolute Gasteiger partial charge is 0.387 e. The summed E-state index contributed by atoms with van der Waals surface area (Å²) in [4.78, 5) is 0. The first-order valence-corrected chi connectivity index (χ1v) is 6.43. The SMILES string of the molecule is N#CC1(C(O)c2ccc(F)cc2Br)CCCC1. The number of benzene rings is 1. The van der Waals surface area contributed by atoms with E-state index in [4.69, 9.17) is 0 Å². The third kappa shape index (κ3) is 2.22. The number of aliphatic hydroxyl groups excluding tert-OH is 1. The first kappa shape index (κ1) is 12.5. The quantitative estimate of drug-likeness (QED) is 0.904. The second kappa shape index (κ2) is 4.75. The molecule has 0 amide bonds. The van der Waals surface area contributed by atoms with E-state index < -0.39 is 11.5 Å². The standard InChI is InChI=1S/C13H13BrFNO/c14-11-7-9(15)3-4-10(11)12(17)13(8-16)5-1-2-6-13/h3-4,7,12,17H,1-2,5-6H2. The van der Waals surface area contributed by atoms with Crippen LogP contribution in [0, 0.1) is 22.6 Å². The molecule has 2 nitrogen and oxygen atoms in total. The number of nitrogens with zero attached hydrogens (tertiary/aromatic N) is 1. The molecule has 1 fully saturated rings. The van der Waals surface area contributed by atoms with Gasteiger partial charge in [-0.25, -0.2) is 4.39 Å². The van der Waals surface area contributed by atoms with Crippen LogP contribution in [0.4, 0.5) is 4.39 Å². The van der Waals surface area contributed by atoms with Crippen molar-refractivity contribution in [2.24, 2.45) is 5.41 Å². The van der Waals surface area contributed by atoms with E-state index in [1.165, 1.54) is 12.1 Å². The van der Waals surface area contributed by atoms with Gasteiger partial charge in [0.15, 0.2) is 0 Å². The molecule has 4 heteroatoms. The zero-order valence-corrected chi connectivity index (χ0v) is 10.9. The van der Waals surface area contributed by atoms with E-state index in [-0.39, 0.29) is 5.82 Å². The van der Waals surface area contributed by atoms with E-state index in [9.17, 15) is 14.8 Å². The second-order valence-electron chi connectivity index (χ2n) is 4.54. The van der Waals surface area contributed by atoms with Crippen LogP contribution in [0.15, 0.2) is 22.7 Å². The lowest BCUT2D eigenvalue weighted by atomic mass is 9.79. The van der Waals surface area contributed by atoms with Crippen molar-refractivity contribution in [2.45, 2.75) is 31.8 Å². The molecule has 1 N–H and O–H groups in total. The Bertz CT molecular complexity index is 463. The van der Waals surface area contributed by atoms with Crippen molar-refractivity contribution in [3.8, 4) is 6.07 Å². The van der Waals surface area contributed by atoms with E-state index in [2.05, 4.69) is 22.0 Å². The van der Waals surface area contributed by atoms with Crippen molar-refractivity contribution in [1.29, 1.82) is 5.26 Å². The van der Waals surface area contributed by atoms with Crippen LogP contribution >= 0.6 is 15.9 Å². The maximum atomic E-state index is 13.0. The number of hydrogen-bond acceptors (Lipinski definition) is 2. The first-order valence-electron chi connectivity index (χ1n) is 5.63. The van der Waals surface area contributed by atoms with Crippen molar-refractivity contribution >= 4 is 15.9 Å². The highest BCUT2D eigenvalue weighted by Gasteiger charge is 2.42. The molecule has 1 unspecified atom stereocenters. The molecule has 17 heavy (non-hydrogen) atoms. The molecule has 1 aliphatic carbocycles. The van der Waals surface area contributed by atoms with Gasteiger partial charge in [0.25, 0.3) is 0 Å². The summed E-state index contributed by atoms with van der Waals surface area (Å²) in [6.45, 7) is 0. The van der Waals surface area contributed by atoms with Crippen LogP contribution in [-0.2, 0) is 0 Å². The molecule has 90 valence electrons. The van der Waals surface area contributed by atoms with E-state index in [1.54, 1.807) is 6.07 Å². The highest BCUT2D eigenvalue weighted by molar-refractivity contribution is 9.10. The summed E-state index contributed by atoms with van der Waals surface area (Å²) in [5.74, 6) is -0.356. The van der Waals surface area contributed by atoms with Crippen molar-refractivity contribution in [3.05, 3.63) is 34.1 Å². The molecule has 1 aromatic carbocycles. The fourth-order valence-corrected chi connectivity index (χ4v) is 3.04. The summed E-state index contributed by atoms with van der Waals surface area (Å²) in [6, 6.07) is 6.42. The molecule has 0 heterocycles. The van der Waals surface area contributed by atoms with Crippen LogP contribution < -0.4 is 0 Å². The summed E-state index contributed by atoms with van der Waals surface area (Å²) in [7, 11) is 0. The normalized spacial score (nSPS) is 19.9. The minimum absolute atomic E-state index is 0.356. The van der Waals surface area contributed by atoms with Crippen LogP contribution in [0.3, 0.4) is 0 Å². The lowest BCUT2D eigenvalue weighted by Crippen LogP contribution is -2.24. The molecule has 0 aliphatic heterocycles. The molecule has 0 saturated heterocycles. The number of halogens is 2. The predicted molar refractivity (Wildman–Crippen MR) is 65.6 cm³/mol. The predicted octanol–water partition coefficient (Wildman–Crippen LogP) is 3.71. The van der Waals surface area contributed by atoms with Crippen molar-refractivity contribution in [2.75, 3.05) is 0 Å². The van der Waals surface area contributed by atoms with E-state index in [0.717, 1.165) is 12.8 Å². The van der Waals surface area contributed by atoms with E-state index in [0.29, 0.717) is 22.9 Å². The highest BCUT2D eigenvalue weighted by Crippen LogP contribution is 2.48. The van der Waals surface area contributed by atoms with Gasteiger partial charge in [-0.1, -0.05) is 34.8 Å². The molecular formula is C13H13BrFNO. The van der Waals surface area contributed by atoms with Gasteiger partial charge < -0.3 is 5.11 Å². The summed E-state index contributed by atoms with van der Waals surface area (Å²) < 4.78 is 13.5. The van der Waals surface area contributed by atoms with E-state index in [1.807, 2.05) is 0 Å². The topological polar surface area (TPSA) is 44.0 Å². The van der Waals surface area contributed by atoms with Gasteiger partial charge in [0, 0.05) is 4.47 Å². The monoisotopic (exact) mass is 297 g/mol. The van der Waals surface area contributed by atoms with E-state index >= 15 is 0 Å². The van der Waals surface area contributed by atoms with Gasteiger partial charge in [-0.2, -0.15) is 5.26 Å². The third-order valence-corrected chi connectivity index (χ3v) is 4.19. The molecule has 0 radical (unpaired) electrons. The van der Waals surface area contributed by atoms with Gasteiger partial charge >= 0.3 is 0 Å². The lowest BCUT2D eigenvalue weighted by Gasteiger charge is -2.27. The zero-order valence-electron chi connectivity index (χ0n) is 9.29. The Labute approximate surface area is 108 Å². The summed E-state index contributed by atoms with van der Waals surface area (Å²) in [5.41, 5.74) is -0.116. The highest BCUT2D eigenvalue weighted by atomic mass is 79.9. The summed E-state index contributed by atoms with van der Waals surface area (Å²) in [5, 5.41) is 19.7. The van der Waals surface area contributed by atoms with Crippen molar-refractivity contribution in [3.63, 3.8) is 0 Å². The molecule has 0 aromatic heterocycles. The van der Waals surface area contributed by atoms with Crippen LogP contribution in [0.25, 0.3) is 0 Å². The zero-order chi connectivity index (χ0) is 12.5. The summed E-state index contributed by atoms with van der Waals surface area (Å²) in [6.07, 6.45) is 2.47. The molecule has 1 aromatic rings. The van der Waals surface area contributed by atoms with Gasteiger partial charge in [0.05, 0.1) is 17.6 Å². The Kier molecular flexibility index (Phi) is 3.50. The Hall–Kier alpha value is -0.920. The lowest BCUT2D eigenvalue weighted by molar-refractivity contribution is 0.0664. The third-order valence-electron chi connectivity index (χ3n) is 3.50. The fourth-order valence-electron chi connectivity index (χ4n) is 2.47. The van der Waals surface area contributed by atoms with Gasteiger partial charge in [-0.15, -0.1) is 0 Å². The van der Waals surface area contributed by atoms with Crippen LogP contribution in [0.2, 0.25) is 0 Å². The number of hydrogen-bond donors (Lipinski definition) is 1. The smallest absolute Gasteiger partial charge is 0.124 e. The van der Waals surface area contributed by atoms with Crippen molar-refractivity contribution in [1.82, 2.24) is 0 Å². The first-order chi connectivity index (χ1) is 8.09. The molecule has 0 bridgehead atoms. The molecule has 1 aliphatic rings. The molecule has 1 saturated carbocycles. The average molecular weight is 298 g/mol. The van der Waals surface area contributed by atoms with Gasteiger partial charge in [0.2, 0.25) is 0 Å². The van der Waals surface area contributed by atoms with Crippen LogP contribution in [0.5, 0.6) is 0 Å². The number of rotatable bonds is 2. The fraction of sp³-hybridized carbons (Fsp3) is 0.462. The van der Waals surface area contributed by atoms with Crippen LogP contribution in [-0.4, -0.2) is 5.11 Å². The van der Waals surface area contributed by atoms with Crippen molar-refractivity contribution < 1.29 is 9.50 Å². The Morgan fingerprint density at radius 1 is 1.41 bits per heavy atom. The summed E-state index contributed by atoms with van der Waals surface area (Å²) >= 11 is 3.24. The number of nitriles is 1. The molecule has 1 atom stereocenters. The Morgan fingerprint density at radius 2 is 2.06 bits per heavy atom. The molecule has 0 spiro atoms. The molecular weight excluding hydrogens is 285 g/mol. The maximum absolute atomic E-state index is 13.0.